The van der Waals surface area contributed by atoms with E-state index in [2.05, 4.69) is 20.5 Å². The lowest BCUT2D eigenvalue weighted by Gasteiger charge is -2.36. The average Bonchev–Trinajstić information content (AvgIpc) is 3.01. The maximum absolute atomic E-state index is 14.0. The molecule has 1 unspecified atom stereocenters. The van der Waals surface area contributed by atoms with Gasteiger partial charge >= 0.3 is 0 Å². The molecule has 0 amide bonds. The summed E-state index contributed by atoms with van der Waals surface area (Å²) in [5.74, 6) is 1.12. The van der Waals surface area contributed by atoms with Gasteiger partial charge in [-0.1, -0.05) is 12.1 Å². The van der Waals surface area contributed by atoms with Crippen molar-refractivity contribution in [3.63, 3.8) is 0 Å². The van der Waals surface area contributed by atoms with Gasteiger partial charge in [0.15, 0.2) is 15.7 Å². The predicted octanol–water partition coefficient (Wildman–Crippen LogP) is 0.936. The number of sulfone groups is 1. The second-order valence-electron chi connectivity index (χ2n) is 6.81. The number of aromatic nitrogens is 3. The normalized spacial score (nSPS) is 22.0. The van der Waals surface area contributed by atoms with Crippen molar-refractivity contribution in [3.8, 4) is 0 Å². The van der Waals surface area contributed by atoms with E-state index >= 15 is 0 Å². The number of para-hydroxylation sites is 1. The highest BCUT2D eigenvalue weighted by Gasteiger charge is 2.28. The molecule has 1 aromatic heterocycles. The van der Waals surface area contributed by atoms with Crippen LogP contribution in [0.1, 0.15) is 6.42 Å². The number of hydrogen-bond acceptors (Lipinski definition) is 8. The van der Waals surface area contributed by atoms with E-state index in [1.807, 2.05) is 15.9 Å². The van der Waals surface area contributed by atoms with Gasteiger partial charge in [0.25, 0.3) is 0 Å². The fraction of sp³-hybridized carbons (Fsp3) is 0.471. The molecular weight excluding hydrogens is 371 g/mol. The van der Waals surface area contributed by atoms with E-state index in [1.165, 1.54) is 12.3 Å². The standard InChI is InChI=1S/C17H21FN6O2S/c18-14-3-1-2-4-15(14)23-6-8-24(9-7-23)17-21-16(11-19-22-17)20-13-5-10-27(25,26)12-13/h1-4,11,13H,5-10,12H2,(H,20,21,22). The van der Waals surface area contributed by atoms with Crippen molar-refractivity contribution in [1.29, 1.82) is 0 Å². The van der Waals surface area contributed by atoms with Gasteiger partial charge in [-0.05, 0) is 18.6 Å². The molecule has 0 saturated carbocycles. The minimum absolute atomic E-state index is 0.119. The molecule has 0 aliphatic carbocycles. The molecule has 0 spiro atoms. The fourth-order valence-electron chi connectivity index (χ4n) is 3.47. The first-order chi connectivity index (χ1) is 13.0. The Bertz CT molecular complexity index is 917. The van der Waals surface area contributed by atoms with E-state index in [4.69, 9.17) is 0 Å². The highest BCUT2D eigenvalue weighted by molar-refractivity contribution is 7.91. The minimum Gasteiger partial charge on any atom is -0.366 e. The van der Waals surface area contributed by atoms with E-state index in [1.54, 1.807) is 12.1 Å². The quantitative estimate of drug-likeness (QED) is 0.822. The van der Waals surface area contributed by atoms with Crippen LogP contribution in [0, 0.1) is 5.82 Å². The lowest BCUT2D eigenvalue weighted by Crippen LogP contribution is -2.47. The summed E-state index contributed by atoms with van der Waals surface area (Å²) in [6, 6.07) is 6.62. The Morgan fingerprint density at radius 3 is 2.56 bits per heavy atom. The largest absolute Gasteiger partial charge is 0.366 e. The Balaban J connectivity index is 1.39. The monoisotopic (exact) mass is 392 g/mol. The Morgan fingerprint density at radius 1 is 1.11 bits per heavy atom. The second kappa shape index (κ2) is 7.26. The molecule has 10 heteroatoms. The summed E-state index contributed by atoms with van der Waals surface area (Å²) >= 11 is 0. The molecule has 144 valence electrons. The smallest absolute Gasteiger partial charge is 0.247 e. The van der Waals surface area contributed by atoms with Crippen LogP contribution in [0.3, 0.4) is 0 Å². The lowest BCUT2D eigenvalue weighted by atomic mass is 10.2. The number of hydrogen-bond donors (Lipinski definition) is 1. The van der Waals surface area contributed by atoms with Crippen molar-refractivity contribution >= 4 is 27.3 Å². The molecule has 3 heterocycles. The first kappa shape index (κ1) is 17.9. The van der Waals surface area contributed by atoms with Crippen molar-refractivity contribution in [3.05, 3.63) is 36.3 Å². The summed E-state index contributed by atoms with van der Waals surface area (Å²) in [6.45, 7) is 2.61. The zero-order valence-electron chi connectivity index (χ0n) is 14.8. The Labute approximate surface area is 157 Å². The number of piperazine rings is 1. The minimum atomic E-state index is -2.96. The zero-order chi connectivity index (χ0) is 18.9. The second-order valence-corrected chi connectivity index (χ2v) is 9.04. The summed E-state index contributed by atoms with van der Waals surface area (Å²) in [5.41, 5.74) is 0.606. The molecule has 2 aromatic rings. The molecule has 2 fully saturated rings. The van der Waals surface area contributed by atoms with Gasteiger partial charge in [-0.15, -0.1) is 5.10 Å². The third-order valence-corrected chi connectivity index (χ3v) is 6.66. The summed E-state index contributed by atoms with van der Waals surface area (Å²) < 4.78 is 37.1. The number of anilines is 3. The molecule has 2 saturated heterocycles. The van der Waals surface area contributed by atoms with E-state index < -0.39 is 9.84 Å². The highest BCUT2D eigenvalue weighted by atomic mass is 32.2. The van der Waals surface area contributed by atoms with E-state index in [9.17, 15) is 12.8 Å². The molecule has 1 N–H and O–H groups in total. The van der Waals surface area contributed by atoms with Crippen molar-refractivity contribution in [2.75, 3.05) is 52.8 Å². The van der Waals surface area contributed by atoms with Crippen LogP contribution < -0.4 is 15.1 Å². The fourth-order valence-corrected chi connectivity index (χ4v) is 5.14. The molecule has 2 aliphatic rings. The van der Waals surface area contributed by atoms with Crippen molar-refractivity contribution in [1.82, 2.24) is 15.2 Å². The first-order valence-corrected chi connectivity index (χ1v) is 10.7. The van der Waals surface area contributed by atoms with E-state index in [0.717, 1.165) is 0 Å². The molecule has 4 rings (SSSR count). The van der Waals surface area contributed by atoms with E-state index in [0.29, 0.717) is 50.1 Å². The Hall–Kier alpha value is -2.49. The average molecular weight is 392 g/mol. The summed E-state index contributed by atoms with van der Waals surface area (Å²) in [5, 5.41) is 11.2. The van der Waals surface area contributed by atoms with Crippen molar-refractivity contribution in [2.45, 2.75) is 12.5 Å². The maximum atomic E-state index is 14.0. The topological polar surface area (TPSA) is 91.3 Å². The van der Waals surface area contributed by atoms with Gasteiger partial charge in [0.2, 0.25) is 5.95 Å². The van der Waals surface area contributed by atoms with Crippen LogP contribution in [0.15, 0.2) is 30.5 Å². The lowest BCUT2D eigenvalue weighted by molar-refractivity contribution is 0.592. The summed E-state index contributed by atoms with van der Waals surface area (Å²) in [6.07, 6.45) is 2.08. The van der Waals surface area contributed by atoms with Crippen LogP contribution in [0.4, 0.5) is 21.8 Å². The van der Waals surface area contributed by atoms with E-state index in [-0.39, 0.29) is 23.4 Å². The Morgan fingerprint density at radius 2 is 1.85 bits per heavy atom. The van der Waals surface area contributed by atoms with Gasteiger partial charge in [-0.2, -0.15) is 10.1 Å². The van der Waals surface area contributed by atoms with Crippen LogP contribution in [0.2, 0.25) is 0 Å². The molecule has 0 radical (unpaired) electrons. The molecule has 27 heavy (non-hydrogen) atoms. The molecule has 1 aromatic carbocycles. The first-order valence-electron chi connectivity index (χ1n) is 8.91. The Kier molecular flexibility index (Phi) is 4.81. The number of nitrogens with zero attached hydrogens (tertiary/aromatic N) is 5. The third-order valence-electron chi connectivity index (χ3n) is 4.89. The third kappa shape index (κ3) is 4.10. The number of halogens is 1. The van der Waals surface area contributed by atoms with Crippen LogP contribution in [-0.2, 0) is 9.84 Å². The van der Waals surface area contributed by atoms with Crippen LogP contribution in [0.5, 0.6) is 0 Å². The number of rotatable bonds is 4. The zero-order valence-corrected chi connectivity index (χ0v) is 15.6. The van der Waals surface area contributed by atoms with Crippen LogP contribution in [-0.4, -0.2) is 67.3 Å². The van der Waals surface area contributed by atoms with Gasteiger partial charge in [0.1, 0.15) is 5.82 Å². The predicted molar refractivity (Wildman–Crippen MR) is 101 cm³/mol. The number of nitrogens with one attached hydrogen (secondary N) is 1. The molecular formula is C17H21FN6O2S. The van der Waals surface area contributed by atoms with Gasteiger partial charge < -0.3 is 15.1 Å². The SMILES string of the molecule is O=S1(=O)CCC(Nc2cnnc(N3CCN(c4ccccc4F)CC3)n2)C1. The van der Waals surface area contributed by atoms with Gasteiger partial charge in [-0.3, -0.25) is 0 Å². The van der Waals surface area contributed by atoms with Crippen LogP contribution >= 0.6 is 0 Å². The van der Waals surface area contributed by atoms with Crippen molar-refractivity contribution < 1.29 is 12.8 Å². The maximum Gasteiger partial charge on any atom is 0.247 e. The molecule has 2 aliphatic heterocycles. The van der Waals surface area contributed by atoms with Gasteiger partial charge in [-0.25, -0.2) is 12.8 Å². The number of benzene rings is 1. The molecule has 0 bridgehead atoms. The summed E-state index contributed by atoms with van der Waals surface area (Å²) in [4.78, 5) is 8.48. The highest BCUT2D eigenvalue weighted by Crippen LogP contribution is 2.22. The summed E-state index contributed by atoms with van der Waals surface area (Å²) in [7, 11) is -2.96. The van der Waals surface area contributed by atoms with Crippen molar-refractivity contribution in [2.24, 2.45) is 0 Å². The van der Waals surface area contributed by atoms with Gasteiger partial charge in [0, 0.05) is 32.2 Å². The van der Waals surface area contributed by atoms with Crippen LogP contribution in [0.25, 0.3) is 0 Å². The van der Waals surface area contributed by atoms with Gasteiger partial charge in [0.05, 0.1) is 23.4 Å². The molecule has 8 nitrogen and oxygen atoms in total. The molecule has 1 atom stereocenters.